The summed E-state index contributed by atoms with van der Waals surface area (Å²) in [6.07, 6.45) is -4.00. The van der Waals surface area contributed by atoms with Gasteiger partial charge in [-0.2, -0.15) is 13.2 Å². The molecule has 0 fully saturated rings. The van der Waals surface area contributed by atoms with E-state index in [1.165, 1.54) is 11.3 Å². The Hall–Kier alpha value is 0.220. The summed E-state index contributed by atoms with van der Waals surface area (Å²) in [5, 5.41) is 3.68. The largest absolute Gasteiger partial charge is 0.389 e. The van der Waals surface area contributed by atoms with Crippen LogP contribution in [0.1, 0.15) is 37.1 Å². The fourth-order valence-corrected chi connectivity index (χ4v) is 3.36. The Bertz CT molecular complexity index is 361. The molecule has 0 bridgehead atoms. The third-order valence-corrected chi connectivity index (χ3v) is 4.95. The molecule has 1 nitrogen and oxygen atoms in total. The maximum atomic E-state index is 12.3. The Kier molecular flexibility index (Phi) is 6.44. The van der Waals surface area contributed by atoms with E-state index in [0.717, 1.165) is 15.1 Å². The van der Waals surface area contributed by atoms with Gasteiger partial charge in [-0.05, 0) is 41.4 Å². The highest BCUT2D eigenvalue weighted by Gasteiger charge is 2.29. The maximum absolute atomic E-state index is 12.3. The summed E-state index contributed by atoms with van der Waals surface area (Å²) in [7, 11) is 0. The standard InChI is InChI=1S/C11H14BrClF3NS/c1-2-5-17-8(3-4-11(14,15)16)9-6-7(13)10(12)18-9/h6,8,17H,2-5H2,1H3. The van der Waals surface area contributed by atoms with Crippen molar-refractivity contribution in [2.24, 2.45) is 0 Å². The van der Waals surface area contributed by atoms with Crippen LogP contribution in [0.4, 0.5) is 13.2 Å². The van der Waals surface area contributed by atoms with Crippen molar-refractivity contribution in [2.45, 2.75) is 38.4 Å². The summed E-state index contributed by atoms with van der Waals surface area (Å²) in [4.78, 5) is 0.838. The van der Waals surface area contributed by atoms with Crippen LogP contribution in [0.25, 0.3) is 0 Å². The highest BCUT2D eigenvalue weighted by Crippen LogP contribution is 2.37. The summed E-state index contributed by atoms with van der Waals surface area (Å²) < 4.78 is 37.6. The van der Waals surface area contributed by atoms with Crippen LogP contribution in [-0.2, 0) is 0 Å². The molecule has 18 heavy (non-hydrogen) atoms. The normalized spacial score (nSPS) is 13.9. The monoisotopic (exact) mass is 363 g/mol. The lowest BCUT2D eigenvalue weighted by Crippen LogP contribution is -2.23. The highest BCUT2D eigenvalue weighted by atomic mass is 79.9. The van der Waals surface area contributed by atoms with E-state index in [2.05, 4.69) is 21.2 Å². The summed E-state index contributed by atoms with van der Waals surface area (Å²) in [5.74, 6) is 0. The molecule has 1 aromatic heterocycles. The Balaban J connectivity index is 2.71. The molecule has 1 atom stereocenters. The van der Waals surface area contributed by atoms with Crippen LogP contribution in [0.5, 0.6) is 0 Å². The van der Waals surface area contributed by atoms with E-state index in [-0.39, 0.29) is 12.5 Å². The van der Waals surface area contributed by atoms with E-state index in [0.29, 0.717) is 11.6 Å². The van der Waals surface area contributed by atoms with Crippen molar-refractivity contribution in [1.29, 1.82) is 0 Å². The van der Waals surface area contributed by atoms with Crippen LogP contribution in [0.15, 0.2) is 9.85 Å². The molecule has 0 saturated carbocycles. The molecular formula is C11H14BrClF3NS. The average Bonchev–Trinajstić information content (AvgIpc) is 2.58. The lowest BCUT2D eigenvalue weighted by atomic mass is 10.1. The first-order valence-electron chi connectivity index (χ1n) is 5.58. The number of thiophene rings is 1. The Morgan fingerprint density at radius 1 is 1.50 bits per heavy atom. The first kappa shape index (κ1) is 16.3. The number of hydrogen-bond acceptors (Lipinski definition) is 2. The van der Waals surface area contributed by atoms with E-state index in [1.54, 1.807) is 6.07 Å². The maximum Gasteiger partial charge on any atom is 0.389 e. The highest BCUT2D eigenvalue weighted by molar-refractivity contribution is 9.11. The van der Waals surface area contributed by atoms with E-state index in [9.17, 15) is 13.2 Å². The number of halogens is 5. The molecule has 104 valence electrons. The zero-order valence-corrected chi connectivity index (χ0v) is 12.9. The van der Waals surface area contributed by atoms with Gasteiger partial charge in [-0.15, -0.1) is 11.3 Å². The molecule has 1 rings (SSSR count). The van der Waals surface area contributed by atoms with Crippen molar-refractivity contribution in [3.8, 4) is 0 Å². The van der Waals surface area contributed by atoms with Gasteiger partial charge in [-0.25, -0.2) is 0 Å². The van der Waals surface area contributed by atoms with Crippen molar-refractivity contribution in [3.63, 3.8) is 0 Å². The lowest BCUT2D eigenvalue weighted by Gasteiger charge is -2.18. The SMILES string of the molecule is CCCNC(CCC(F)(F)F)c1cc(Cl)c(Br)s1. The van der Waals surface area contributed by atoms with Gasteiger partial charge in [0.2, 0.25) is 0 Å². The summed E-state index contributed by atoms with van der Waals surface area (Å²) in [6.45, 7) is 2.67. The number of nitrogens with one attached hydrogen (secondary N) is 1. The summed E-state index contributed by atoms with van der Waals surface area (Å²) in [5.41, 5.74) is 0. The Labute approximate surface area is 122 Å². The molecule has 0 saturated heterocycles. The molecular weight excluding hydrogens is 351 g/mol. The van der Waals surface area contributed by atoms with Gasteiger partial charge >= 0.3 is 6.18 Å². The van der Waals surface area contributed by atoms with Gasteiger partial charge in [0.25, 0.3) is 0 Å². The lowest BCUT2D eigenvalue weighted by molar-refractivity contribution is -0.136. The van der Waals surface area contributed by atoms with Crippen molar-refractivity contribution >= 4 is 38.9 Å². The van der Waals surface area contributed by atoms with Crippen LogP contribution < -0.4 is 5.32 Å². The van der Waals surface area contributed by atoms with Crippen LogP contribution in [-0.4, -0.2) is 12.7 Å². The van der Waals surface area contributed by atoms with Crippen LogP contribution in [0.2, 0.25) is 5.02 Å². The first-order chi connectivity index (χ1) is 8.33. The third-order valence-electron chi connectivity index (χ3n) is 2.36. The third kappa shape index (κ3) is 5.47. The van der Waals surface area contributed by atoms with Crippen LogP contribution in [0, 0.1) is 0 Å². The topological polar surface area (TPSA) is 12.0 Å². The Morgan fingerprint density at radius 2 is 2.17 bits per heavy atom. The molecule has 1 N–H and O–H groups in total. The van der Waals surface area contributed by atoms with Gasteiger partial charge in [0.1, 0.15) is 0 Å². The zero-order chi connectivity index (χ0) is 13.8. The minimum Gasteiger partial charge on any atom is -0.309 e. The minimum atomic E-state index is -4.12. The predicted molar refractivity (Wildman–Crippen MR) is 73.4 cm³/mol. The fourth-order valence-electron chi connectivity index (χ4n) is 1.51. The Morgan fingerprint density at radius 3 is 2.61 bits per heavy atom. The fraction of sp³-hybridized carbons (Fsp3) is 0.636. The van der Waals surface area contributed by atoms with Gasteiger partial charge in [0.05, 0.1) is 8.81 Å². The van der Waals surface area contributed by atoms with Gasteiger partial charge < -0.3 is 5.32 Å². The summed E-state index contributed by atoms with van der Waals surface area (Å²) in [6, 6.07) is 1.43. The zero-order valence-electron chi connectivity index (χ0n) is 9.78. The molecule has 1 unspecified atom stereocenters. The van der Waals surface area contributed by atoms with E-state index < -0.39 is 12.6 Å². The van der Waals surface area contributed by atoms with Crippen molar-refractivity contribution < 1.29 is 13.2 Å². The second-order valence-electron chi connectivity index (χ2n) is 3.93. The van der Waals surface area contributed by atoms with Crippen LogP contribution in [0.3, 0.4) is 0 Å². The molecule has 0 radical (unpaired) electrons. The molecule has 0 amide bonds. The number of rotatable bonds is 6. The smallest absolute Gasteiger partial charge is 0.309 e. The average molecular weight is 365 g/mol. The molecule has 0 spiro atoms. The molecule has 7 heteroatoms. The summed E-state index contributed by atoms with van der Waals surface area (Å²) >= 11 is 10.6. The van der Waals surface area contributed by atoms with Gasteiger partial charge in [0.15, 0.2) is 0 Å². The van der Waals surface area contributed by atoms with Crippen molar-refractivity contribution in [2.75, 3.05) is 6.54 Å². The molecule has 1 heterocycles. The van der Waals surface area contributed by atoms with Crippen molar-refractivity contribution in [1.82, 2.24) is 5.32 Å². The molecule has 0 aliphatic carbocycles. The van der Waals surface area contributed by atoms with Gasteiger partial charge in [-0.1, -0.05) is 18.5 Å². The first-order valence-corrected chi connectivity index (χ1v) is 7.57. The van der Waals surface area contributed by atoms with Crippen LogP contribution >= 0.6 is 38.9 Å². The molecule has 0 aliphatic heterocycles. The quantitative estimate of drug-likeness (QED) is 0.698. The van der Waals surface area contributed by atoms with Gasteiger partial charge in [0, 0.05) is 17.3 Å². The number of alkyl halides is 3. The molecule has 0 aliphatic rings. The second-order valence-corrected chi connectivity index (χ2v) is 6.74. The minimum absolute atomic E-state index is 0.0345. The van der Waals surface area contributed by atoms with E-state index in [4.69, 9.17) is 11.6 Å². The molecule has 0 aromatic carbocycles. The molecule has 1 aromatic rings. The van der Waals surface area contributed by atoms with Gasteiger partial charge in [-0.3, -0.25) is 0 Å². The predicted octanol–water partition coefficient (Wildman–Crippen LogP) is 5.55. The van der Waals surface area contributed by atoms with E-state index in [1.807, 2.05) is 6.92 Å². The van der Waals surface area contributed by atoms with E-state index >= 15 is 0 Å². The van der Waals surface area contributed by atoms with Crippen molar-refractivity contribution in [3.05, 3.63) is 19.8 Å². The number of hydrogen-bond donors (Lipinski definition) is 1. The second kappa shape index (κ2) is 7.12.